The molecule has 0 atom stereocenters. The number of nitrogens with zero attached hydrogens (tertiary/aromatic N) is 1. The van der Waals surface area contributed by atoms with E-state index in [1.807, 2.05) is 25.1 Å². The number of anilines is 1. The third-order valence-corrected chi connectivity index (χ3v) is 4.83. The van der Waals surface area contributed by atoms with Crippen LogP contribution >= 0.6 is 11.6 Å². The van der Waals surface area contributed by atoms with Crippen molar-refractivity contribution in [1.29, 1.82) is 5.26 Å². The summed E-state index contributed by atoms with van der Waals surface area (Å²) in [6.45, 7) is 2.02. The minimum atomic E-state index is -3.78. The zero-order valence-corrected chi connectivity index (χ0v) is 12.9. The normalized spacial score (nSPS) is 10.9. The van der Waals surface area contributed by atoms with Crippen molar-refractivity contribution in [3.8, 4) is 6.07 Å². The molecule has 0 aliphatic carbocycles. The van der Waals surface area contributed by atoms with Crippen molar-refractivity contribution in [2.24, 2.45) is 0 Å². The van der Waals surface area contributed by atoms with Gasteiger partial charge in [-0.1, -0.05) is 30.7 Å². The molecule has 0 aromatic heterocycles. The Morgan fingerprint density at radius 3 is 2.38 bits per heavy atom. The number of nitrogens with one attached hydrogen (secondary N) is 1. The Balaban J connectivity index is 2.31. The van der Waals surface area contributed by atoms with Crippen molar-refractivity contribution in [3.05, 3.63) is 58.6 Å². The first-order valence-corrected chi connectivity index (χ1v) is 8.14. The van der Waals surface area contributed by atoms with Gasteiger partial charge in [0, 0.05) is 5.69 Å². The maximum Gasteiger partial charge on any atom is 0.263 e. The summed E-state index contributed by atoms with van der Waals surface area (Å²) < 4.78 is 27.1. The van der Waals surface area contributed by atoms with Gasteiger partial charge in [-0.15, -0.1) is 0 Å². The van der Waals surface area contributed by atoms with Crippen molar-refractivity contribution >= 4 is 27.3 Å². The number of nitriles is 1. The van der Waals surface area contributed by atoms with E-state index in [0.717, 1.165) is 12.0 Å². The highest BCUT2D eigenvalue weighted by atomic mass is 35.5. The van der Waals surface area contributed by atoms with Crippen LogP contribution in [-0.2, 0) is 16.4 Å². The van der Waals surface area contributed by atoms with Gasteiger partial charge in [0.05, 0.1) is 16.7 Å². The van der Waals surface area contributed by atoms with Gasteiger partial charge >= 0.3 is 0 Å². The summed E-state index contributed by atoms with van der Waals surface area (Å²) in [4.78, 5) is -0.0530. The van der Waals surface area contributed by atoms with Gasteiger partial charge in [-0.3, -0.25) is 4.72 Å². The van der Waals surface area contributed by atoms with Crippen LogP contribution in [0.5, 0.6) is 0 Å². The Labute approximate surface area is 129 Å². The number of hydrogen-bond acceptors (Lipinski definition) is 3. The first-order valence-electron chi connectivity index (χ1n) is 6.27. The SMILES string of the molecule is CCc1ccc(NS(=O)(=O)c2ccc(C#N)cc2Cl)cc1. The van der Waals surface area contributed by atoms with Crippen molar-refractivity contribution in [3.63, 3.8) is 0 Å². The average Bonchev–Trinajstić information content (AvgIpc) is 2.47. The molecule has 0 aliphatic rings. The smallest absolute Gasteiger partial charge is 0.263 e. The second-order valence-corrected chi connectivity index (χ2v) is 6.47. The molecule has 0 amide bonds. The van der Waals surface area contributed by atoms with E-state index in [-0.39, 0.29) is 9.92 Å². The molecular formula is C15H13ClN2O2S. The molecule has 0 radical (unpaired) electrons. The number of rotatable bonds is 4. The molecule has 0 aliphatic heterocycles. The summed E-state index contributed by atoms with van der Waals surface area (Å²) in [5.41, 5.74) is 1.90. The predicted molar refractivity (Wildman–Crippen MR) is 82.8 cm³/mol. The molecule has 0 saturated heterocycles. The molecular weight excluding hydrogens is 308 g/mol. The van der Waals surface area contributed by atoms with E-state index in [9.17, 15) is 8.42 Å². The number of sulfonamides is 1. The summed E-state index contributed by atoms with van der Waals surface area (Å²) in [6.07, 6.45) is 0.883. The quantitative estimate of drug-likeness (QED) is 0.936. The molecule has 6 heteroatoms. The summed E-state index contributed by atoms with van der Waals surface area (Å²) >= 11 is 5.94. The Kier molecular flexibility index (Phi) is 4.51. The van der Waals surface area contributed by atoms with Crippen molar-refractivity contribution < 1.29 is 8.42 Å². The largest absolute Gasteiger partial charge is 0.280 e. The van der Waals surface area contributed by atoms with Gasteiger partial charge in [0.25, 0.3) is 10.0 Å². The fraction of sp³-hybridized carbons (Fsp3) is 0.133. The molecule has 0 heterocycles. The van der Waals surface area contributed by atoms with E-state index in [0.29, 0.717) is 11.3 Å². The number of aryl methyl sites for hydroxylation is 1. The van der Waals surface area contributed by atoms with Crippen LogP contribution in [0.15, 0.2) is 47.4 Å². The van der Waals surface area contributed by atoms with Gasteiger partial charge in [-0.05, 0) is 42.3 Å². The first-order chi connectivity index (χ1) is 9.96. The zero-order chi connectivity index (χ0) is 15.5. The minimum Gasteiger partial charge on any atom is -0.280 e. The molecule has 2 aromatic carbocycles. The molecule has 0 unspecified atom stereocenters. The van der Waals surface area contributed by atoms with Gasteiger partial charge in [0.15, 0.2) is 0 Å². The van der Waals surface area contributed by atoms with Gasteiger partial charge in [0.1, 0.15) is 4.90 Å². The lowest BCUT2D eigenvalue weighted by Crippen LogP contribution is -2.13. The highest BCUT2D eigenvalue weighted by Gasteiger charge is 2.18. The lowest BCUT2D eigenvalue weighted by Gasteiger charge is -2.10. The summed E-state index contributed by atoms with van der Waals surface area (Å²) in [5, 5.41) is 8.79. The number of hydrogen-bond donors (Lipinski definition) is 1. The van der Waals surface area contributed by atoms with Crippen molar-refractivity contribution in [2.45, 2.75) is 18.2 Å². The lowest BCUT2D eigenvalue weighted by molar-refractivity contribution is 0.601. The second kappa shape index (κ2) is 6.17. The van der Waals surface area contributed by atoms with Gasteiger partial charge in [-0.25, -0.2) is 8.42 Å². The molecule has 21 heavy (non-hydrogen) atoms. The van der Waals surface area contributed by atoms with Gasteiger partial charge in [0.2, 0.25) is 0 Å². The Bertz CT molecular complexity index is 793. The Morgan fingerprint density at radius 1 is 1.19 bits per heavy atom. The highest BCUT2D eigenvalue weighted by Crippen LogP contribution is 2.25. The molecule has 0 bridgehead atoms. The monoisotopic (exact) mass is 320 g/mol. The maximum atomic E-state index is 12.3. The molecule has 0 saturated carbocycles. The average molecular weight is 321 g/mol. The van der Waals surface area contributed by atoms with E-state index < -0.39 is 10.0 Å². The fourth-order valence-electron chi connectivity index (χ4n) is 1.81. The fourth-order valence-corrected chi connectivity index (χ4v) is 3.41. The zero-order valence-electron chi connectivity index (χ0n) is 11.3. The second-order valence-electron chi connectivity index (χ2n) is 4.41. The van der Waals surface area contributed by atoms with Crippen LogP contribution in [0.25, 0.3) is 0 Å². The minimum absolute atomic E-state index is 0.0201. The molecule has 4 nitrogen and oxygen atoms in total. The molecule has 2 rings (SSSR count). The number of halogens is 1. The lowest BCUT2D eigenvalue weighted by atomic mass is 10.2. The van der Waals surface area contributed by atoms with E-state index in [2.05, 4.69) is 4.72 Å². The van der Waals surface area contributed by atoms with Crippen molar-refractivity contribution in [2.75, 3.05) is 4.72 Å². The molecule has 108 valence electrons. The third-order valence-electron chi connectivity index (χ3n) is 2.96. The van der Waals surface area contributed by atoms with Gasteiger partial charge < -0.3 is 0 Å². The highest BCUT2D eigenvalue weighted by molar-refractivity contribution is 7.92. The van der Waals surface area contributed by atoms with E-state index in [1.165, 1.54) is 18.2 Å². The van der Waals surface area contributed by atoms with E-state index in [4.69, 9.17) is 16.9 Å². The molecule has 2 aromatic rings. The van der Waals surface area contributed by atoms with Crippen LogP contribution in [0.2, 0.25) is 5.02 Å². The predicted octanol–water partition coefficient (Wildman–Crippen LogP) is 3.57. The summed E-state index contributed by atoms with van der Waals surface area (Å²) in [7, 11) is -3.78. The summed E-state index contributed by atoms with van der Waals surface area (Å²) in [5.74, 6) is 0. The van der Waals surface area contributed by atoms with Crippen LogP contribution in [0.3, 0.4) is 0 Å². The van der Waals surface area contributed by atoms with E-state index in [1.54, 1.807) is 12.1 Å². The van der Waals surface area contributed by atoms with Crippen LogP contribution in [0, 0.1) is 11.3 Å². The molecule has 0 spiro atoms. The first kappa shape index (κ1) is 15.4. The van der Waals surface area contributed by atoms with Crippen LogP contribution < -0.4 is 4.72 Å². The van der Waals surface area contributed by atoms with Crippen LogP contribution in [0.4, 0.5) is 5.69 Å². The standard InChI is InChI=1S/C15H13ClN2O2S/c1-2-11-3-6-13(7-4-11)18-21(19,20)15-8-5-12(10-17)9-14(15)16/h3-9,18H,2H2,1H3. The topological polar surface area (TPSA) is 70.0 Å². The molecule has 1 N–H and O–H groups in total. The maximum absolute atomic E-state index is 12.3. The Hall–Kier alpha value is -2.03. The Morgan fingerprint density at radius 2 is 1.86 bits per heavy atom. The van der Waals surface area contributed by atoms with Crippen LogP contribution in [0.1, 0.15) is 18.1 Å². The third kappa shape index (κ3) is 3.54. The van der Waals surface area contributed by atoms with E-state index >= 15 is 0 Å². The summed E-state index contributed by atoms with van der Waals surface area (Å²) in [6, 6.07) is 13.1. The van der Waals surface area contributed by atoms with Crippen LogP contribution in [-0.4, -0.2) is 8.42 Å². The number of benzene rings is 2. The van der Waals surface area contributed by atoms with Gasteiger partial charge in [-0.2, -0.15) is 5.26 Å². The van der Waals surface area contributed by atoms with Crippen molar-refractivity contribution in [1.82, 2.24) is 0 Å². The molecule has 0 fully saturated rings.